The smallest absolute Gasteiger partial charge is 0.242 e. The number of fused-ring (bicyclic) bond motifs is 1. The zero-order chi connectivity index (χ0) is 18.8. The molecule has 2 amide bonds. The molecular formula is C21H22FN3O2. The quantitative estimate of drug-likeness (QED) is 0.837. The fourth-order valence-corrected chi connectivity index (χ4v) is 3.81. The highest BCUT2D eigenvalue weighted by molar-refractivity contribution is 6.01. The highest BCUT2D eigenvalue weighted by Gasteiger charge is 2.29. The van der Waals surface area contributed by atoms with E-state index in [2.05, 4.69) is 0 Å². The lowest BCUT2D eigenvalue weighted by molar-refractivity contribution is -0.131. The number of amides is 2. The van der Waals surface area contributed by atoms with E-state index in [-0.39, 0.29) is 24.2 Å². The van der Waals surface area contributed by atoms with Gasteiger partial charge in [0.15, 0.2) is 0 Å². The van der Waals surface area contributed by atoms with E-state index < -0.39 is 0 Å². The van der Waals surface area contributed by atoms with Crippen LogP contribution in [0.4, 0.5) is 15.8 Å². The van der Waals surface area contributed by atoms with Crippen LogP contribution in [0.2, 0.25) is 0 Å². The summed E-state index contributed by atoms with van der Waals surface area (Å²) in [5.41, 5.74) is 2.52. The van der Waals surface area contributed by atoms with Crippen molar-refractivity contribution < 1.29 is 14.0 Å². The molecule has 0 saturated carbocycles. The van der Waals surface area contributed by atoms with Gasteiger partial charge in [0.2, 0.25) is 11.8 Å². The molecule has 2 aliphatic heterocycles. The van der Waals surface area contributed by atoms with Gasteiger partial charge in [0.25, 0.3) is 0 Å². The van der Waals surface area contributed by atoms with Gasteiger partial charge in [-0.15, -0.1) is 0 Å². The van der Waals surface area contributed by atoms with Crippen LogP contribution in [0, 0.1) is 5.82 Å². The lowest BCUT2D eigenvalue weighted by atomic mass is 10.0. The van der Waals surface area contributed by atoms with Gasteiger partial charge in [-0.1, -0.05) is 30.3 Å². The molecule has 0 N–H and O–H groups in total. The van der Waals surface area contributed by atoms with Gasteiger partial charge in [0.05, 0.1) is 5.69 Å². The summed E-state index contributed by atoms with van der Waals surface area (Å²) >= 11 is 0. The normalized spacial score (nSPS) is 17.1. The highest BCUT2D eigenvalue weighted by Crippen LogP contribution is 2.27. The first-order valence-electron chi connectivity index (χ1n) is 9.29. The van der Waals surface area contributed by atoms with Gasteiger partial charge in [-0.25, -0.2) is 4.39 Å². The second-order valence-electron chi connectivity index (χ2n) is 6.93. The summed E-state index contributed by atoms with van der Waals surface area (Å²) in [5, 5.41) is 0. The summed E-state index contributed by atoms with van der Waals surface area (Å²) in [6.07, 6.45) is 1.16. The van der Waals surface area contributed by atoms with Gasteiger partial charge < -0.3 is 14.7 Å². The Kier molecular flexibility index (Phi) is 4.79. The average Bonchev–Trinajstić information content (AvgIpc) is 2.70. The van der Waals surface area contributed by atoms with Crippen molar-refractivity contribution in [1.29, 1.82) is 0 Å². The maximum atomic E-state index is 14.0. The van der Waals surface area contributed by atoms with Crippen molar-refractivity contribution in [3.05, 3.63) is 59.9 Å². The van der Waals surface area contributed by atoms with E-state index in [4.69, 9.17) is 0 Å². The van der Waals surface area contributed by atoms with Crippen LogP contribution in [0.15, 0.2) is 48.5 Å². The molecule has 27 heavy (non-hydrogen) atoms. The number of nitrogens with zero attached hydrogens (tertiary/aromatic N) is 3. The number of hydrogen-bond acceptors (Lipinski definition) is 3. The molecule has 0 radical (unpaired) electrons. The topological polar surface area (TPSA) is 43.9 Å². The predicted octanol–water partition coefficient (Wildman–Crippen LogP) is 2.45. The van der Waals surface area contributed by atoms with Crippen LogP contribution in [-0.4, -0.2) is 49.4 Å². The number of hydrogen-bond donors (Lipinski definition) is 0. The van der Waals surface area contributed by atoms with Crippen LogP contribution in [0.5, 0.6) is 0 Å². The summed E-state index contributed by atoms with van der Waals surface area (Å²) in [6.45, 7) is 2.28. The molecule has 0 spiro atoms. The van der Waals surface area contributed by atoms with Crippen molar-refractivity contribution in [3.8, 4) is 0 Å². The monoisotopic (exact) mass is 367 g/mol. The number of aryl methyl sites for hydroxylation is 1. The second-order valence-corrected chi connectivity index (χ2v) is 6.93. The van der Waals surface area contributed by atoms with Crippen molar-refractivity contribution in [1.82, 2.24) is 4.90 Å². The molecule has 140 valence electrons. The first-order valence-corrected chi connectivity index (χ1v) is 9.29. The van der Waals surface area contributed by atoms with Crippen molar-refractivity contribution in [2.24, 2.45) is 0 Å². The number of carbonyl (C=O) groups excluding carboxylic acids is 2. The van der Waals surface area contributed by atoms with Crippen LogP contribution < -0.4 is 9.80 Å². The van der Waals surface area contributed by atoms with E-state index in [0.29, 0.717) is 38.3 Å². The van der Waals surface area contributed by atoms with Gasteiger partial charge >= 0.3 is 0 Å². The Bertz CT molecular complexity index is 862. The maximum absolute atomic E-state index is 14.0. The Labute approximate surface area is 158 Å². The second kappa shape index (κ2) is 7.39. The molecule has 2 aromatic carbocycles. The van der Waals surface area contributed by atoms with Crippen molar-refractivity contribution in [2.45, 2.75) is 12.8 Å². The summed E-state index contributed by atoms with van der Waals surface area (Å²) in [4.78, 5) is 30.5. The fourth-order valence-electron chi connectivity index (χ4n) is 3.81. The number of carbonyl (C=O) groups is 2. The molecule has 2 aliphatic rings. The maximum Gasteiger partial charge on any atom is 0.242 e. The largest absolute Gasteiger partial charge is 0.366 e. The highest BCUT2D eigenvalue weighted by atomic mass is 19.1. The van der Waals surface area contributed by atoms with Gasteiger partial charge in [0.1, 0.15) is 12.4 Å². The van der Waals surface area contributed by atoms with Gasteiger partial charge in [-0.3, -0.25) is 9.59 Å². The minimum Gasteiger partial charge on any atom is -0.366 e. The van der Waals surface area contributed by atoms with E-state index in [1.807, 2.05) is 35.2 Å². The van der Waals surface area contributed by atoms with E-state index in [1.54, 1.807) is 21.9 Å². The molecule has 0 bridgehead atoms. The van der Waals surface area contributed by atoms with Crippen LogP contribution in [-0.2, 0) is 16.0 Å². The van der Waals surface area contributed by atoms with Crippen LogP contribution in [0.25, 0.3) is 0 Å². The molecule has 4 rings (SSSR count). The Balaban J connectivity index is 1.40. The summed E-state index contributed by atoms with van der Waals surface area (Å²) in [7, 11) is 0. The molecule has 5 nitrogen and oxygen atoms in total. The molecule has 0 aliphatic carbocycles. The molecule has 6 heteroatoms. The zero-order valence-corrected chi connectivity index (χ0v) is 15.1. The fraction of sp³-hybridized carbons (Fsp3) is 0.333. The number of halogens is 1. The molecule has 1 saturated heterocycles. The number of para-hydroxylation sites is 2. The molecular weight excluding hydrogens is 345 g/mol. The number of benzene rings is 2. The summed E-state index contributed by atoms with van der Waals surface area (Å²) < 4.78 is 14.0. The lowest BCUT2D eigenvalue weighted by Gasteiger charge is -2.37. The Morgan fingerprint density at radius 2 is 1.56 bits per heavy atom. The standard InChI is InChI=1S/C21H22FN3O2/c22-17-6-2-4-8-19(17)23-11-13-24(14-12-23)21(27)15-25-18-7-3-1-5-16(18)9-10-20(25)26/h1-8H,9-15H2. The Morgan fingerprint density at radius 1 is 0.889 bits per heavy atom. The number of piperazine rings is 1. The molecule has 0 aromatic heterocycles. The molecule has 0 atom stereocenters. The van der Waals surface area contributed by atoms with Gasteiger partial charge in [-0.2, -0.15) is 0 Å². The lowest BCUT2D eigenvalue weighted by Crippen LogP contribution is -2.52. The van der Waals surface area contributed by atoms with Crippen molar-refractivity contribution in [2.75, 3.05) is 42.5 Å². The SMILES string of the molecule is O=C(CN1C(=O)CCc2ccccc21)N1CCN(c2ccccc2F)CC1. The van der Waals surface area contributed by atoms with Crippen molar-refractivity contribution >= 4 is 23.2 Å². The summed E-state index contributed by atoms with van der Waals surface area (Å²) in [5.74, 6) is -0.312. The Morgan fingerprint density at radius 3 is 2.30 bits per heavy atom. The minimum atomic E-state index is -0.243. The predicted molar refractivity (Wildman–Crippen MR) is 102 cm³/mol. The van der Waals surface area contributed by atoms with E-state index in [0.717, 1.165) is 17.7 Å². The van der Waals surface area contributed by atoms with Gasteiger partial charge in [0, 0.05) is 38.3 Å². The summed E-state index contributed by atoms with van der Waals surface area (Å²) in [6, 6.07) is 14.4. The van der Waals surface area contributed by atoms with Crippen LogP contribution >= 0.6 is 0 Å². The minimum absolute atomic E-state index is 0.00737. The zero-order valence-electron chi connectivity index (χ0n) is 15.1. The Hall–Kier alpha value is -2.89. The van der Waals surface area contributed by atoms with Gasteiger partial charge in [-0.05, 0) is 30.2 Å². The molecule has 2 aromatic rings. The first-order chi connectivity index (χ1) is 13.1. The first kappa shape index (κ1) is 17.5. The molecule has 1 fully saturated rings. The van der Waals surface area contributed by atoms with E-state index in [1.165, 1.54) is 6.07 Å². The average molecular weight is 367 g/mol. The third-order valence-electron chi connectivity index (χ3n) is 5.31. The van der Waals surface area contributed by atoms with E-state index in [9.17, 15) is 14.0 Å². The van der Waals surface area contributed by atoms with Crippen molar-refractivity contribution in [3.63, 3.8) is 0 Å². The third kappa shape index (κ3) is 3.52. The number of anilines is 2. The molecule has 2 heterocycles. The third-order valence-corrected chi connectivity index (χ3v) is 5.31. The number of rotatable bonds is 3. The van der Waals surface area contributed by atoms with Crippen LogP contribution in [0.1, 0.15) is 12.0 Å². The molecule has 0 unspecified atom stereocenters. The van der Waals surface area contributed by atoms with Crippen LogP contribution in [0.3, 0.4) is 0 Å². The van der Waals surface area contributed by atoms with E-state index >= 15 is 0 Å².